The lowest BCUT2D eigenvalue weighted by atomic mass is 9.93. The van der Waals surface area contributed by atoms with Crippen LogP contribution in [-0.2, 0) is 15.6 Å². The highest BCUT2D eigenvalue weighted by molar-refractivity contribution is 8.13. The summed E-state index contributed by atoms with van der Waals surface area (Å²) in [7, 11) is -8.80. The predicted molar refractivity (Wildman–Crippen MR) is 175 cm³/mol. The highest BCUT2D eigenvalue weighted by atomic mass is 32.2. The van der Waals surface area contributed by atoms with Gasteiger partial charge >= 0.3 is 21.2 Å². The maximum atomic E-state index is 16.0. The van der Waals surface area contributed by atoms with Crippen LogP contribution in [0, 0.1) is 11.7 Å². The van der Waals surface area contributed by atoms with Gasteiger partial charge in [-0.05, 0) is 73.5 Å². The number of hydrogen-bond acceptors (Lipinski definition) is 8. The van der Waals surface area contributed by atoms with Gasteiger partial charge in [-0.3, -0.25) is 18.7 Å². The first-order valence-corrected chi connectivity index (χ1v) is 19.4. The van der Waals surface area contributed by atoms with Crippen LogP contribution in [0.4, 0.5) is 14.9 Å². The Labute approximate surface area is 277 Å². The largest absolute Gasteiger partial charge is 0.492 e. The highest BCUT2D eigenvalue weighted by Gasteiger charge is 2.44. The number of methoxy groups -OCH3 is 1. The quantitative estimate of drug-likeness (QED) is 0.155. The molecule has 0 radical (unpaired) electrons. The van der Waals surface area contributed by atoms with Crippen LogP contribution in [0.5, 0.6) is 5.75 Å². The number of thioether (sulfide) groups is 1. The molecule has 3 aliphatic rings. The minimum atomic E-state index is -5.09. The van der Waals surface area contributed by atoms with Crippen LogP contribution in [0.25, 0.3) is 10.9 Å². The van der Waals surface area contributed by atoms with Crippen molar-refractivity contribution in [1.82, 2.24) is 9.47 Å². The molecular weight excluding hydrogens is 691 g/mol. The summed E-state index contributed by atoms with van der Waals surface area (Å²) in [6.45, 7) is 1.19. The molecule has 2 aromatic carbocycles. The van der Waals surface area contributed by atoms with Crippen molar-refractivity contribution < 1.29 is 52.5 Å². The molecule has 1 aliphatic carbocycles. The van der Waals surface area contributed by atoms with E-state index in [0.29, 0.717) is 30.0 Å². The van der Waals surface area contributed by atoms with E-state index in [9.17, 15) is 48.2 Å². The summed E-state index contributed by atoms with van der Waals surface area (Å²) in [6, 6.07) is 6.78. The first-order valence-electron chi connectivity index (χ1n) is 15.2. The number of carboxylic acid groups (broad SMARTS) is 1. The van der Waals surface area contributed by atoms with Crippen LogP contribution in [0.3, 0.4) is 0 Å². The first kappa shape index (κ1) is 34.6. The van der Waals surface area contributed by atoms with Crippen LogP contribution in [-0.4, -0.2) is 83.5 Å². The van der Waals surface area contributed by atoms with Gasteiger partial charge in [0.15, 0.2) is 17.0 Å². The van der Waals surface area contributed by atoms with Gasteiger partial charge in [-0.25, -0.2) is 9.18 Å². The first-order chi connectivity index (χ1) is 22.6. The number of carbonyl (C=O) groups excluding carboxylic acids is 1. The average molecular weight is 726 g/mol. The van der Waals surface area contributed by atoms with Crippen LogP contribution >= 0.6 is 27.0 Å². The summed E-state index contributed by atoms with van der Waals surface area (Å²) in [5.41, 5.74) is -0.468. The molecule has 14 nitrogen and oxygen atoms in total. The van der Waals surface area contributed by atoms with Crippen molar-refractivity contribution in [1.29, 1.82) is 0 Å². The third-order valence-electron chi connectivity index (χ3n) is 9.23. The Kier molecular flexibility index (Phi) is 9.31. The van der Waals surface area contributed by atoms with Crippen LogP contribution in [0.1, 0.15) is 47.6 Å². The standard InChI is InChI=1S/C30H34FN3O11P2S/c1-45-28-25-20(27(35)21(29(36)37)14-34(25)18-6-7-18)12-22(31)26(28)32-13-17-3-2-10-33(23(17)15-32)30(38)48-19-8-4-16(5-9-19)11-24(46(39,40)41)47(42,43)44/h4-5,8-9,12,14,17-18,23-24H,2-3,6-7,10-11,13,15H2,1H3,(H,36,37)(H2,39,40,41)(H2,42,43,44)/t17-,23+/m1/s1. The molecule has 48 heavy (non-hydrogen) atoms. The molecule has 258 valence electrons. The number of pyridine rings is 1. The van der Waals surface area contributed by atoms with Crippen molar-refractivity contribution in [2.45, 2.75) is 54.5 Å². The fourth-order valence-corrected chi connectivity index (χ4v) is 10.1. The summed E-state index contributed by atoms with van der Waals surface area (Å²) in [4.78, 5) is 80.3. The van der Waals surface area contributed by atoms with E-state index in [-0.39, 0.29) is 45.6 Å². The second kappa shape index (κ2) is 12.9. The molecule has 6 rings (SSSR count). The normalized spacial score (nSPS) is 20.0. The summed E-state index contributed by atoms with van der Waals surface area (Å²) in [5.74, 6) is -1.97. The lowest BCUT2D eigenvalue weighted by Crippen LogP contribution is -2.47. The molecular formula is C30H34FN3O11P2S. The van der Waals surface area contributed by atoms with Crippen molar-refractivity contribution in [3.8, 4) is 5.75 Å². The Hall–Kier alpha value is -3.23. The van der Waals surface area contributed by atoms with Crippen LogP contribution in [0.2, 0.25) is 0 Å². The number of amides is 1. The van der Waals surface area contributed by atoms with E-state index in [1.54, 1.807) is 21.6 Å². The molecule has 1 saturated carbocycles. The Morgan fingerprint density at radius 1 is 1.06 bits per heavy atom. The van der Waals surface area contributed by atoms with Gasteiger partial charge in [0, 0.05) is 36.8 Å². The zero-order valence-electron chi connectivity index (χ0n) is 25.6. The van der Waals surface area contributed by atoms with Gasteiger partial charge in [-0.1, -0.05) is 12.1 Å². The topological polar surface area (TPSA) is 207 Å². The Balaban J connectivity index is 1.24. The number of likely N-dealkylation sites (tertiary alicyclic amines) is 1. The van der Waals surface area contributed by atoms with Crippen molar-refractivity contribution in [3.05, 3.63) is 63.7 Å². The number of anilines is 1. The minimum absolute atomic E-state index is 0.0164. The van der Waals surface area contributed by atoms with E-state index in [2.05, 4.69) is 0 Å². The SMILES string of the molecule is COc1c(N2C[C@H]3CCCN(C(=O)Sc4ccc(CC(P(=O)(O)O)P(=O)(O)O)cc4)[C@H]3C2)c(F)cc2c(=O)c(C(=O)O)cn(C3CC3)c12. The van der Waals surface area contributed by atoms with Gasteiger partial charge in [-0.2, -0.15) is 0 Å². The zero-order valence-corrected chi connectivity index (χ0v) is 28.2. The number of carbonyl (C=O) groups is 2. The molecule has 2 aliphatic heterocycles. The molecule has 5 N–H and O–H groups in total. The second-order valence-electron chi connectivity index (χ2n) is 12.4. The van der Waals surface area contributed by atoms with E-state index >= 15 is 4.39 Å². The van der Waals surface area contributed by atoms with E-state index in [1.165, 1.54) is 25.4 Å². The maximum Gasteiger partial charge on any atom is 0.341 e. The molecule has 1 aromatic heterocycles. The molecule has 1 amide bonds. The monoisotopic (exact) mass is 725 g/mol. The van der Waals surface area contributed by atoms with Crippen molar-refractivity contribution in [2.75, 3.05) is 31.6 Å². The maximum absolute atomic E-state index is 16.0. The van der Waals surface area contributed by atoms with Crippen LogP contribution < -0.4 is 15.1 Å². The third kappa shape index (κ3) is 6.67. The fraction of sp³-hybridized carbons (Fsp3) is 0.433. The number of piperidine rings is 1. The number of hydrogen-bond donors (Lipinski definition) is 5. The number of rotatable bonds is 9. The number of ether oxygens (including phenoxy) is 1. The number of halogens is 1. The van der Waals surface area contributed by atoms with E-state index in [1.807, 2.05) is 4.90 Å². The number of fused-ring (bicyclic) bond motifs is 2. The number of nitrogens with zero attached hydrogens (tertiary/aromatic N) is 3. The van der Waals surface area contributed by atoms with Gasteiger partial charge in [0.1, 0.15) is 11.3 Å². The summed E-state index contributed by atoms with van der Waals surface area (Å²) < 4.78 is 46.7. The van der Waals surface area contributed by atoms with E-state index < -0.39 is 49.8 Å². The number of aromatic carboxylic acids is 1. The lowest BCUT2D eigenvalue weighted by molar-refractivity contribution is 0.0694. The van der Waals surface area contributed by atoms with Gasteiger partial charge in [-0.15, -0.1) is 0 Å². The predicted octanol–water partition coefficient (Wildman–Crippen LogP) is 4.22. The van der Waals surface area contributed by atoms with Crippen LogP contribution in [0.15, 0.2) is 46.2 Å². The highest BCUT2D eigenvalue weighted by Crippen LogP contribution is 2.61. The van der Waals surface area contributed by atoms with Gasteiger partial charge in [0.05, 0.1) is 24.1 Å². The molecule has 3 heterocycles. The summed E-state index contributed by atoms with van der Waals surface area (Å²) in [6.07, 6.45) is 3.83. The molecule has 0 bridgehead atoms. The smallest absolute Gasteiger partial charge is 0.341 e. The number of aromatic nitrogens is 1. The van der Waals surface area contributed by atoms with Crippen molar-refractivity contribution in [2.24, 2.45) is 5.92 Å². The zero-order chi connectivity index (χ0) is 34.7. The van der Waals surface area contributed by atoms with E-state index in [0.717, 1.165) is 43.5 Å². The Morgan fingerprint density at radius 3 is 2.31 bits per heavy atom. The Bertz CT molecular complexity index is 1920. The number of carboxylic acids is 1. The molecule has 2 atom stereocenters. The summed E-state index contributed by atoms with van der Waals surface area (Å²) >= 11 is 0.941. The van der Waals surface area contributed by atoms with Gasteiger partial charge in [0.2, 0.25) is 5.43 Å². The van der Waals surface area contributed by atoms with E-state index in [4.69, 9.17) is 4.74 Å². The van der Waals surface area contributed by atoms with Crippen molar-refractivity contribution in [3.63, 3.8) is 0 Å². The van der Waals surface area contributed by atoms with Gasteiger partial charge in [0.25, 0.3) is 5.24 Å². The Morgan fingerprint density at radius 2 is 1.73 bits per heavy atom. The molecule has 0 unspecified atom stereocenters. The fourth-order valence-electron chi connectivity index (χ4n) is 6.81. The molecule has 3 fully saturated rings. The number of benzene rings is 2. The minimum Gasteiger partial charge on any atom is -0.492 e. The second-order valence-corrected chi connectivity index (χ2v) is 17.4. The van der Waals surface area contributed by atoms with Gasteiger partial charge < -0.3 is 43.8 Å². The molecule has 18 heteroatoms. The average Bonchev–Trinajstić information content (AvgIpc) is 3.76. The lowest BCUT2D eigenvalue weighted by Gasteiger charge is -2.36. The third-order valence-corrected chi connectivity index (χ3v) is 13.9. The molecule has 0 spiro atoms. The molecule has 3 aromatic rings. The summed E-state index contributed by atoms with van der Waals surface area (Å²) in [5, 5.41) is 7.12. The molecule has 2 saturated heterocycles. The van der Waals surface area contributed by atoms with Crippen molar-refractivity contribution >= 4 is 54.8 Å².